The van der Waals surface area contributed by atoms with Gasteiger partial charge in [0.15, 0.2) is 46.8 Å². The molecule has 0 aliphatic carbocycles. The molecule has 0 amide bonds. The van der Waals surface area contributed by atoms with Crippen LogP contribution in [0.3, 0.4) is 0 Å². The summed E-state index contributed by atoms with van der Waals surface area (Å²) in [5, 5.41) is 102. The second-order valence-corrected chi connectivity index (χ2v) is 50.7. The lowest BCUT2D eigenvalue weighted by Gasteiger charge is -2.24. The monoisotopic (exact) mass is 2400 g/mol. The van der Waals surface area contributed by atoms with Crippen LogP contribution in [0.2, 0.25) is 20.1 Å². The highest BCUT2D eigenvalue weighted by Gasteiger charge is 2.32. The van der Waals surface area contributed by atoms with Gasteiger partial charge in [0.2, 0.25) is 34.8 Å². The number of phenolic OH excluding ortho intramolecular Hbond substituents is 10. The fourth-order valence-corrected chi connectivity index (χ4v) is 25.4. The molecule has 0 saturated carbocycles. The third kappa shape index (κ3) is 33.9. The van der Waals surface area contributed by atoms with Crippen LogP contribution in [0.15, 0.2) is 269 Å². The van der Waals surface area contributed by atoms with E-state index < -0.39 is 144 Å². The van der Waals surface area contributed by atoms with Crippen LogP contribution in [0.25, 0.3) is 0 Å². The summed E-state index contributed by atoms with van der Waals surface area (Å²) in [6, 6.07) is 41.9. The maximum atomic E-state index is 12.9. The molecule has 13 rings (SSSR count). The Labute approximate surface area is 876 Å². The van der Waals surface area contributed by atoms with E-state index in [9.17, 15) is 125 Å². The van der Waals surface area contributed by atoms with E-state index in [4.69, 9.17) is 123 Å². The van der Waals surface area contributed by atoms with E-state index in [0.29, 0.717) is 30.2 Å². The molecule has 798 valence electrons. The number of anilines is 12. The average molecular weight is 2400 g/mol. The summed E-state index contributed by atoms with van der Waals surface area (Å²) >= 11 is 26.4. The van der Waals surface area contributed by atoms with E-state index in [1.807, 2.05) is 6.92 Å². The number of nitrogens with one attached hydrogen (secondary N) is 1. The summed E-state index contributed by atoms with van der Waals surface area (Å²) in [4.78, 5) is -3.43. The highest BCUT2D eigenvalue weighted by atomic mass is 79.9. The summed E-state index contributed by atoms with van der Waals surface area (Å²) in [6.45, 7) is 7.60. The van der Waals surface area contributed by atoms with Gasteiger partial charge in [0.25, 0.3) is 40.3 Å². The smallest absolute Gasteiger partial charge is 0.298 e. The summed E-state index contributed by atoms with van der Waals surface area (Å²) in [6.07, 6.45) is 2.96. The van der Waals surface area contributed by atoms with Crippen LogP contribution in [-0.2, 0) is 99.5 Å². The number of aromatic hydroxyl groups is 10. The van der Waals surface area contributed by atoms with Gasteiger partial charge < -0.3 is 108 Å². The normalized spacial score (nSPS) is 11.6. The molecule has 12 aromatic carbocycles. The van der Waals surface area contributed by atoms with Crippen LogP contribution in [-0.4, -0.2) is 197 Å². The number of nitrogens with zero attached hydrogens (tertiary/aromatic N) is 4. The molecule has 47 nitrogen and oxygen atoms in total. The number of nitrogen functional groups attached to an aromatic ring is 10. The largest absolute Gasteiger partial charge is 0.507 e. The molecule has 1 heterocycles. The number of sulfonamides is 3. The number of benzene rings is 12. The number of rotatable bonds is 20. The number of sulfone groups is 5. The number of aryl methyl sites for hydroxylation is 1. The summed E-state index contributed by atoms with van der Waals surface area (Å²) in [7, 11) is -38.9. The Hall–Kier alpha value is -13.2. The molecule has 0 spiro atoms. The molecular weight excluding hydrogens is 2310 g/mol. The van der Waals surface area contributed by atoms with Crippen LogP contribution in [0.5, 0.6) is 57.5 Å². The Kier molecular flexibility index (Phi) is 42.7. The Morgan fingerprint density at radius 1 is 0.340 bits per heavy atom. The lowest BCUT2D eigenvalue weighted by Crippen LogP contribution is -2.31. The maximum Gasteiger partial charge on any atom is 0.298 e. The predicted octanol–water partition coefficient (Wildman–Crippen LogP) is 11.0. The van der Waals surface area contributed by atoms with Crippen LogP contribution in [0, 0.1) is 6.92 Å². The van der Waals surface area contributed by atoms with E-state index in [-0.39, 0.29) is 154 Å². The van der Waals surface area contributed by atoms with Gasteiger partial charge in [-0.25, -0.2) is 67.3 Å². The molecule has 33 N–H and O–H groups in total. The second-order valence-electron chi connectivity index (χ2n) is 29.5. The van der Waals surface area contributed by atoms with Crippen molar-refractivity contribution in [2.45, 2.75) is 86.4 Å². The molecule has 1 aromatic heterocycles. The fourth-order valence-electron chi connectivity index (χ4n) is 11.4. The third-order valence-electron chi connectivity index (χ3n) is 18.4. The molecule has 0 aliphatic heterocycles. The Morgan fingerprint density at radius 2 is 0.667 bits per heavy atom. The minimum absolute atomic E-state index is 0.0145. The molecule has 0 radical (unpaired) electrons. The first kappa shape index (κ1) is 124. The van der Waals surface area contributed by atoms with Crippen LogP contribution in [0.1, 0.15) is 26.3 Å². The van der Waals surface area contributed by atoms with Gasteiger partial charge in [-0.3, -0.25) is 18.1 Å². The highest BCUT2D eigenvalue weighted by molar-refractivity contribution is 9.10. The number of halogens is 5. The number of hydrogen-bond donors (Lipinski definition) is 23. The molecule has 0 aliphatic rings. The topological polar surface area (TPSA) is 889 Å². The van der Waals surface area contributed by atoms with Crippen LogP contribution in [0.4, 0.5) is 67.7 Å². The number of phenols is 10. The van der Waals surface area contributed by atoms with Gasteiger partial charge in [0.05, 0.1) is 45.7 Å². The highest BCUT2D eigenvalue weighted by Crippen LogP contribution is 2.43. The van der Waals surface area contributed by atoms with Crippen molar-refractivity contribution in [3.63, 3.8) is 0 Å². The zero-order chi connectivity index (χ0) is 112. The molecule has 0 unspecified atom stereocenters. The summed E-state index contributed by atoms with van der Waals surface area (Å²) in [5.74, 6) is -4.35. The minimum atomic E-state index is -4.49. The van der Waals surface area contributed by atoms with Crippen molar-refractivity contribution in [1.82, 2.24) is 14.5 Å². The lowest BCUT2D eigenvalue weighted by molar-refractivity contribution is 0.428. The minimum Gasteiger partial charge on any atom is -0.507 e. The third-order valence-corrected chi connectivity index (χ3v) is 35.5. The van der Waals surface area contributed by atoms with Crippen molar-refractivity contribution in [2.75, 3.05) is 105 Å². The van der Waals surface area contributed by atoms with E-state index in [1.165, 1.54) is 149 Å². The first-order chi connectivity index (χ1) is 67.4. The van der Waals surface area contributed by atoms with Crippen LogP contribution < -0.4 is 66.4 Å². The molecule has 13 aromatic rings. The van der Waals surface area contributed by atoms with Crippen molar-refractivity contribution in [2.24, 2.45) is 0 Å². The van der Waals surface area contributed by atoms with Gasteiger partial charge in [0, 0.05) is 95.7 Å². The predicted molar refractivity (Wildman–Crippen MR) is 561 cm³/mol. The molecule has 63 heteroatoms. The number of nitrogens with two attached hydrogens (primary N) is 10. The first-order valence-corrected chi connectivity index (χ1v) is 58.9. The summed E-state index contributed by atoms with van der Waals surface area (Å²) < 4.78 is 255. The first-order valence-electron chi connectivity index (χ1n) is 39.8. The molecule has 0 fully saturated rings. The molecular formula is C84H94BrCl4N15O32S11. The fraction of sp³-hybridized carbons (Fsp3) is 0.119. The number of hydrogen-bond acceptors (Lipinski definition) is 43. The van der Waals surface area contributed by atoms with Gasteiger partial charge in [-0.05, 0) is 212 Å². The standard InChI is InChI=1S/C14H15ClN2O6S2.C13H13NO3S.C12H12N2O4S.C10H16N2O3S.C8H8N4O3S2.C7H7BrClNO3S.C7H8ClNO3S.C7H9NO3S.C6H6ClNO4S/c1-2-17(10-3-5-11(6-4-10)25(21,22)23)24(19,20)13-8-9(16)7-12(15)14(13)18;1-9-2-5-11(6-3-9)18(16,17)13-8-10(14)4-7-12(13)15;13-7-1-3-9(15)11(5-7)19(17,18)12-6-8(14)2-4-10(12)16;1-3-12(4-2)16(14,15)10-7-8(11)5-6-9(10)13;9-5-1-2-6(13)7(3-5)17(14,15)12-8-11-10-4-16-8;1-14(12,13)7-4(11)2-3(9)6(10)5(7)8;1-13(11,12)6-3-4(9)2-5(8)7(6)10;1-12(10,11)7-4-5(8)2-3-6(7)9;7-4-1-3(8)2-5(6(4)9)13(10,11)12/h3-8,18H,2,16H2,1H3,(H,21,22,23);2-8,15H,14H2,1H3;1-6,15-16H,13-14H2;5-7,13H,3-4,11H2,1-2H3;1-4,13H,9H2,(H,11,12);2,11H,10H2,1H3;2-3,10H,9H2,1H3;2-4,9H,8H2,1H3;1-2,9H,8H2,(H,10,11,12). The number of aromatic nitrogens is 2. The van der Waals surface area contributed by atoms with Crippen molar-refractivity contribution in [3.05, 3.63) is 236 Å². The Balaban J connectivity index is 0.000000293. The van der Waals surface area contributed by atoms with Crippen molar-refractivity contribution >= 4 is 241 Å². The van der Waals surface area contributed by atoms with Crippen LogP contribution >= 0.6 is 73.7 Å². The van der Waals surface area contributed by atoms with E-state index in [1.54, 1.807) is 32.9 Å². The second kappa shape index (κ2) is 50.5. The summed E-state index contributed by atoms with van der Waals surface area (Å²) in [5.41, 5.74) is 59.0. The lowest BCUT2D eigenvalue weighted by atomic mass is 10.2. The van der Waals surface area contributed by atoms with Crippen molar-refractivity contribution in [3.8, 4) is 57.5 Å². The van der Waals surface area contributed by atoms with Gasteiger partial charge in [-0.15, -0.1) is 10.2 Å². The molecule has 0 bridgehead atoms. The van der Waals surface area contributed by atoms with Gasteiger partial charge in [-0.2, -0.15) is 21.1 Å². The van der Waals surface area contributed by atoms with E-state index in [0.717, 1.165) is 88.5 Å². The Bertz CT molecular complexity index is 8160. The van der Waals surface area contributed by atoms with Gasteiger partial charge in [-0.1, -0.05) is 89.3 Å². The average Bonchev–Trinajstić information content (AvgIpc) is 1.64. The zero-order valence-electron chi connectivity index (χ0n) is 76.7. The molecule has 147 heavy (non-hydrogen) atoms. The molecule has 0 atom stereocenters. The van der Waals surface area contributed by atoms with Gasteiger partial charge in [0.1, 0.15) is 94.7 Å². The maximum absolute atomic E-state index is 12.9. The Morgan fingerprint density at radius 3 is 1.02 bits per heavy atom. The zero-order valence-corrected chi connectivity index (χ0v) is 90.3. The van der Waals surface area contributed by atoms with Gasteiger partial charge >= 0.3 is 0 Å². The quantitative estimate of drug-likeness (QED) is 0.0191. The van der Waals surface area contributed by atoms with E-state index >= 15 is 0 Å². The SMILES string of the molecule is CCN(CC)S(=O)(=O)c1cc(N)ccc1O.CCN(c1ccc(S(=O)(=O)O)cc1)S(=O)(=O)c1cc(N)cc(Cl)c1O.CS(=O)(=O)c1c(O)cc(Cl)c(N)c1Br.CS(=O)(=O)c1cc(N)cc(Cl)c1O.CS(=O)(=O)c1cc(N)ccc1O.Cc1ccc(S(=O)(=O)c2cc(N)ccc2O)cc1.Nc1cc(Cl)c(O)c(S(=O)(=O)O)c1.Nc1ccc(O)c(S(=O)(=O)Nc2nncs2)c1.Nc1ccc(O)c(S(=O)(=O)c2cc(N)ccc2O)c1. The van der Waals surface area contributed by atoms with Crippen molar-refractivity contribution < 1.29 is 144 Å². The van der Waals surface area contributed by atoms with E-state index in [2.05, 4.69) is 30.8 Å². The van der Waals surface area contributed by atoms with Crippen molar-refractivity contribution in [1.29, 1.82) is 0 Å². The molecule has 0 saturated heterocycles.